The molecule has 2 aromatic carbocycles. The lowest BCUT2D eigenvalue weighted by molar-refractivity contribution is 0.131. The first-order valence-corrected chi connectivity index (χ1v) is 6.74. The minimum Gasteiger partial charge on any atom is -0.0622 e. The maximum absolute atomic E-state index is 2.40. The first-order valence-electron chi connectivity index (χ1n) is 6.74. The molecule has 0 aliphatic heterocycles. The van der Waals surface area contributed by atoms with E-state index in [0.29, 0.717) is 10.8 Å². The first-order chi connectivity index (χ1) is 8.62. The van der Waals surface area contributed by atoms with E-state index >= 15 is 0 Å². The third-order valence-corrected chi connectivity index (χ3v) is 4.50. The molecule has 1 saturated carbocycles. The molecule has 0 heteroatoms. The maximum atomic E-state index is 2.40. The SMILES string of the molecule is CC1(c2ccccc2)CC(C)(c2ccccc2)C1. The summed E-state index contributed by atoms with van der Waals surface area (Å²) in [5, 5.41) is 0. The fourth-order valence-electron chi connectivity index (χ4n) is 3.76. The number of hydrogen-bond donors (Lipinski definition) is 0. The summed E-state index contributed by atoms with van der Waals surface area (Å²) in [6.45, 7) is 4.79. The van der Waals surface area contributed by atoms with Crippen LogP contribution in [0.5, 0.6) is 0 Å². The van der Waals surface area contributed by atoms with Gasteiger partial charge in [-0.1, -0.05) is 74.5 Å². The number of rotatable bonds is 2. The Bertz CT molecular complexity index is 469. The topological polar surface area (TPSA) is 0 Å². The van der Waals surface area contributed by atoms with Gasteiger partial charge in [-0.2, -0.15) is 0 Å². The molecule has 0 heterocycles. The molecular weight excluding hydrogens is 216 g/mol. The van der Waals surface area contributed by atoms with E-state index in [1.165, 1.54) is 24.0 Å². The summed E-state index contributed by atoms with van der Waals surface area (Å²) in [6.07, 6.45) is 2.49. The summed E-state index contributed by atoms with van der Waals surface area (Å²) >= 11 is 0. The molecule has 0 spiro atoms. The van der Waals surface area contributed by atoms with Crippen LogP contribution in [0.15, 0.2) is 60.7 Å². The van der Waals surface area contributed by atoms with Gasteiger partial charge in [-0.3, -0.25) is 0 Å². The molecule has 2 aromatic rings. The van der Waals surface area contributed by atoms with Crippen molar-refractivity contribution >= 4 is 0 Å². The maximum Gasteiger partial charge on any atom is -0.00585 e. The van der Waals surface area contributed by atoms with Gasteiger partial charge in [0.25, 0.3) is 0 Å². The highest BCUT2D eigenvalue weighted by Crippen LogP contribution is 2.56. The van der Waals surface area contributed by atoms with E-state index in [0.717, 1.165) is 0 Å². The van der Waals surface area contributed by atoms with Crippen LogP contribution in [0.2, 0.25) is 0 Å². The second kappa shape index (κ2) is 3.98. The normalized spacial score (nSPS) is 30.8. The van der Waals surface area contributed by atoms with Crippen molar-refractivity contribution in [2.24, 2.45) is 0 Å². The average Bonchev–Trinajstić information content (AvgIpc) is 2.39. The van der Waals surface area contributed by atoms with E-state index in [2.05, 4.69) is 74.5 Å². The van der Waals surface area contributed by atoms with Gasteiger partial charge in [0.05, 0.1) is 0 Å². The quantitative estimate of drug-likeness (QED) is 0.709. The molecule has 0 saturated heterocycles. The smallest absolute Gasteiger partial charge is 0.00585 e. The zero-order chi connectivity index (χ0) is 12.6. The van der Waals surface area contributed by atoms with Crippen LogP contribution in [0.25, 0.3) is 0 Å². The summed E-state index contributed by atoms with van der Waals surface area (Å²) in [7, 11) is 0. The third-order valence-electron chi connectivity index (χ3n) is 4.50. The molecule has 3 rings (SSSR count). The van der Waals surface area contributed by atoms with Crippen LogP contribution in [0.3, 0.4) is 0 Å². The molecule has 1 fully saturated rings. The standard InChI is InChI=1S/C18H20/c1-17(15-9-5-3-6-10-15)13-18(2,14-17)16-11-7-4-8-12-16/h3-12H,13-14H2,1-2H3. The van der Waals surface area contributed by atoms with Crippen LogP contribution in [-0.2, 0) is 10.8 Å². The van der Waals surface area contributed by atoms with Crippen molar-refractivity contribution in [2.75, 3.05) is 0 Å². The molecule has 0 aromatic heterocycles. The minimum absolute atomic E-state index is 0.353. The van der Waals surface area contributed by atoms with E-state index in [4.69, 9.17) is 0 Å². The lowest BCUT2D eigenvalue weighted by Crippen LogP contribution is -2.48. The van der Waals surface area contributed by atoms with Gasteiger partial charge in [-0.25, -0.2) is 0 Å². The van der Waals surface area contributed by atoms with Crippen LogP contribution in [0.4, 0.5) is 0 Å². The first kappa shape index (κ1) is 11.5. The largest absolute Gasteiger partial charge is 0.0622 e. The average molecular weight is 236 g/mol. The van der Waals surface area contributed by atoms with E-state index in [1.54, 1.807) is 0 Å². The highest BCUT2D eigenvalue weighted by Gasteiger charge is 2.50. The van der Waals surface area contributed by atoms with Crippen molar-refractivity contribution in [1.29, 1.82) is 0 Å². The molecule has 0 atom stereocenters. The van der Waals surface area contributed by atoms with Gasteiger partial charge >= 0.3 is 0 Å². The highest BCUT2D eigenvalue weighted by atomic mass is 14.5. The Morgan fingerprint density at radius 1 is 0.611 bits per heavy atom. The van der Waals surface area contributed by atoms with E-state index in [9.17, 15) is 0 Å². The summed E-state index contributed by atoms with van der Waals surface area (Å²) in [4.78, 5) is 0. The van der Waals surface area contributed by atoms with Crippen molar-refractivity contribution in [3.05, 3.63) is 71.8 Å². The zero-order valence-corrected chi connectivity index (χ0v) is 11.2. The van der Waals surface area contributed by atoms with E-state index < -0.39 is 0 Å². The Labute approximate surface area is 110 Å². The van der Waals surface area contributed by atoms with Crippen molar-refractivity contribution in [3.63, 3.8) is 0 Å². The fourth-order valence-corrected chi connectivity index (χ4v) is 3.76. The number of benzene rings is 2. The van der Waals surface area contributed by atoms with Gasteiger partial charge < -0.3 is 0 Å². The van der Waals surface area contributed by atoms with Crippen LogP contribution < -0.4 is 0 Å². The molecule has 0 nitrogen and oxygen atoms in total. The minimum atomic E-state index is 0.353. The molecule has 0 unspecified atom stereocenters. The number of hydrogen-bond acceptors (Lipinski definition) is 0. The van der Waals surface area contributed by atoms with Crippen LogP contribution in [0.1, 0.15) is 37.8 Å². The Morgan fingerprint density at radius 3 is 1.28 bits per heavy atom. The molecule has 0 N–H and O–H groups in total. The Morgan fingerprint density at radius 2 is 0.944 bits per heavy atom. The summed E-state index contributed by atoms with van der Waals surface area (Å²) in [6, 6.07) is 21.9. The monoisotopic (exact) mass is 236 g/mol. The summed E-state index contributed by atoms with van der Waals surface area (Å²) in [5.74, 6) is 0. The van der Waals surface area contributed by atoms with E-state index in [1.807, 2.05) is 0 Å². The lowest BCUT2D eigenvalue weighted by Gasteiger charge is -2.54. The highest BCUT2D eigenvalue weighted by molar-refractivity contribution is 5.37. The van der Waals surface area contributed by atoms with Crippen molar-refractivity contribution in [3.8, 4) is 0 Å². The van der Waals surface area contributed by atoms with Crippen LogP contribution >= 0.6 is 0 Å². The molecule has 0 bridgehead atoms. The van der Waals surface area contributed by atoms with Gasteiger partial charge in [-0.15, -0.1) is 0 Å². The molecule has 0 radical (unpaired) electrons. The predicted octanol–water partition coefficient (Wildman–Crippen LogP) is 4.70. The lowest BCUT2D eigenvalue weighted by atomic mass is 9.50. The van der Waals surface area contributed by atoms with Gasteiger partial charge in [-0.05, 0) is 34.8 Å². The molecule has 92 valence electrons. The van der Waals surface area contributed by atoms with Gasteiger partial charge in [0.2, 0.25) is 0 Å². The molecule has 0 amide bonds. The predicted molar refractivity (Wildman–Crippen MR) is 76.8 cm³/mol. The van der Waals surface area contributed by atoms with Crippen LogP contribution in [-0.4, -0.2) is 0 Å². The van der Waals surface area contributed by atoms with Crippen LogP contribution in [0, 0.1) is 0 Å². The van der Waals surface area contributed by atoms with Crippen molar-refractivity contribution in [2.45, 2.75) is 37.5 Å². The summed E-state index contributed by atoms with van der Waals surface area (Å²) < 4.78 is 0. The van der Waals surface area contributed by atoms with E-state index in [-0.39, 0.29) is 0 Å². The Kier molecular flexibility index (Phi) is 2.55. The van der Waals surface area contributed by atoms with Gasteiger partial charge in [0, 0.05) is 0 Å². The van der Waals surface area contributed by atoms with Crippen molar-refractivity contribution in [1.82, 2.24) is 0 Å². The fraction of sp³-hybridized carbons (Fsp3) is 0.333. The molecule has 18 heavy (non-hydrogen) atoms. The zero-order valence-electron chi connectivity index (χ0n) is 11.2. The Balaban J connectivity index is 1.84. The van der Waals surface area contributed by atoms with Crippen molar-refractivity contribution < 1.29 is 0 Å². The molecule has 1 aliphatic rings. The second-order valence-corrected chi connectivity index (χ2v) is 6.21. The van der Waals surface area contributed by atoms with Gasteiger partial charge in [0.15, 0.2) is 0 Å². The summed E-state index contributed by atoms with van der Waals surface area (Å²) in [5.41, 5.74) is 3.68. The Hall–Kier alpha value is -1.56. The molecular formula is C18H20. The second-order valence-electron chi connectivity index (χ2n) is 6.21. The van der Waals surface area contributed by atoms with Gasteiger partial charge in [0.1, 0.15) is 0 Å². The third kappa shape index (κ3) is 1.77. The molecule has 1 aliphatic carbocycles.